The van der Waals surface area contributed by atoms with Crippen LogP contribution in [-0.2, 0) is 9.53 Å². The summed E-state index contributed by atoms with van der Waals surface area (Å²) in [4.78, 5) is 11.6. The summed E-state index contributed by atoms with van der Waals surface area (Å²) in [6.45, 7) is 0.659. The molecule has 0 spiro atoms. The van der Waals surface area contributed by atoms with Gasteiger partial charge in [-0.2, -0.15) is 0 Å². The van der Waals surface area contributed by atoms with Crippen molar-refractivity contribution < 1.29 is 14.3 Å². The largest absolute Gasteiger partial charge is 0.489 e. The molecular weight excluding hydrogens is 314 g/mol. The lowest BCUT2D eigenvalue weighted by atomic mass is 9.83. The van der Waals surface area contributed by atoms with Crippen molar-refractivity contribution in [3.8, 4) is 5.75 Å². The molecule has 23 heavy (non-hydrogen) atoms. The number of ether oxygens (including phenoxy) is 2. The summed E-state index contributed by atoms with van der Waals surface area (Å²) in [6, 6.07) is 5.63. The van der Waals surface area contributed by atoms with E-state index in [4.69, 9.17) is 21.1 Å². The van der Waals surface area contributed by atoms with Crippen LogP contribution < -0.4 is 10.1 Å². The second-order valence-corrected chi connectivity index (χ2v) is 6.91. The SMILES string of the molecule is COC(=O)[C@@H]1CC(Oc2ccc(Cl)cc2C2CCCCC2)CN1. The number of methoxy groups -OCH3 is 1. The number of halogens is 1. The van der Waals surface area contributed by atoms with Crippen molar-refractivity contribution in [1.29, 1.82) is 0 Å². The van der Waals surface area contributed by atoms with E-state index in [9.17, 15) is 4.79 Å². The zero-order valence-electron chi connectivity index (χ0n) is 13.5. The van der Waals surface area contributed by atoms with Gasteiger partial charge in [-0.25, -0.2) is 0 Å². The van der Waals surface area contributed by atoms with Gasteiger partial charge in [0.25, 0.3) is 0 Å². The summed E-state index contributed by atoms with van der Waals surface area (Å²) < 4.78 is 11.0. The van der Waals surface area contributed by atoms with Gasteiger partial charge >= 0.3 is 5.97 Å². The number of carbonyl (C=O) groups excluding carboxylic acids is 1. The van der Waals surface area contributed by atoms with Crippen LogP contribution in [-0.4, -0.2) is 31.8 Å². The number of nitrogens with one attached hydrogen (secondary N) is 1. The lowest BCUT2D eigenvalue weighted by molar-refractivity contribution is -0.142. The van der Waals surface area contributed by atoms with Crippen LogP contribution in [0.2, 0.25) is 5.02 Å². The van der Waals surface area contributed by atoms with E-state index in [-0.39, 0.29) is 18.1 Å². The zero-order valence-corrected chi connectivity index (χ0v) is 14.3. The van der Waals surface area contributed by atoms with Crippen molar-refractivity contribution in [2.75, 3.05) is 13.7 Å². The number of benzene rings is 1. The third-order valence-corrected chi connectivity index (χ3v) is 5.12. The van der Waals surface area contributed by atoms with Crippen molar-refractivity contribution in [2.24, 2.45) is 0 Å². The van der Waals surface area contributed by atoms with Crippen molar-refractivity contribution in [3.05, 3.63) is 28.8 Å². The van der Waals surface area contributed by atoms with Gasteiger partial charge in [-0.3, -0.25) is 4.79 Å². The number of hydrogen-bond donors (Lipinski definition) is 1. The highest BCUT2D eigenvalue weighted by Gasteiger charge is 2.32. The molecule has 126 valence electrons. The standard InChI is InChI=1S/C18H24ClNO3/c1-22-18(21)16-10-14(11-20-16)23-17-8-7-13(19)9-15(17)12-5-3-2-4-6-12/h7-9,12,14,16,20H,2-6,10-11H2,1H3/t14?,16-/m0/s1. The third-order valence-electron chi connectivity index (χ3n) is 4.89. The molecule has 1 saturated carbocycles. The normalized spacial score (nSPS) is 25.3. The van der Waals surface area contributed by atoms with Crippen LogP contribution in [0, 0.1) is 0 Å². The van der Waals surface area contributed by atoms with E-state index in [0.717, 1.165) is 10.8 Å². The second kappa shape index (κ2) is 7.54. The molecular formula is C18H24ClNO3. The van der Waals surface area contributed by atoms with Gasteiger partial charge in [-0.05, 0) is 42.5 Å². The summed E-state index contributed by atoms with van der Waals surface area (Å²) in [7, 11) is 1.42. The molecule has 1 aliphatic carbocycles. The fraction of sp³-hybridized carbons (Fsp3) is 0.611. The van der Waals surface area contributed by atoms with Crippen LogP contribution in [0.15, 0.2) is 18.2 Å². The Kier molecular flexibility index (Phi) is 5.44. The minimum atomic E-state index is -0.268. The Hall–Kier alpha value is -1.26. The molecule has 5 heteroatoms. The van der Waals surface area contributed by atoms with Gasteiger partial charge in [0, 0.05) is 18.0 Å². The van der Waals surface area contributed by atoms with Gasteiger partial charge < -0.3 is 14.8 Å². The fourth-order valence-electron chi connectivity index (χ4n) is 3.65. The molecule has 4 nitrogen and oxygen atoms in total. The van der Waals surface area contributed by atoms with Crippen LogP contribution in [0.3, 0.4) is 0 Å². The molecule has 0 amide bonds. The lowest BCUT2D eigenvalue weighted by Gasteiger charge is -2.25. The van der Waals surface area contributed by atoms with Gasteiger partial charge in [0.2, 0.25) is 0 Å². The molecule has 2 aliphatic rings. The Balaban J connectivity index is 1.71. The predicted molar refractivity (Wildman–Crippen MR) is 90.1 cm³/mol. The molecule has 1 aromatic rings. The zero-order chi connectivity index (χ0) is 16.2. The minimum Gasteiger partial charge on any atom is -0.489 e. The molecule has 1 aromatic carbocycles. The first-order valence-corrected chi connectivity index (χ1v) is 8.82. The van der Waals surface area contributed by atoms with Gasteiger partial charge in [0.05, 0.1) is 7.11 Å². The van der Waals surface area contributed by atoms with Gasteiger partial charge in [-0.1, -0.05) is 30.9 Å². The van der Waals surface area contributed by atoms with Crippen LogP contribution in [0.5, 0.6) is 5.75 Å². The Morgan fingerprint density at radius 1 is 1.26 bits per heavy atom. The van der Waals surface area contributed by atoms with E-state index in [0.29, 0.717) is 18.9 Å². The molecule has 1 saturated heterocycles. The molecule has 0 radical (unpaired) electrons. The number of rotatable bonds is 4. The van der Waals surface area contributed by atoms with Crippen LogP contribution >= 0.6 is 11.6 Å². The van der Waals surface area contributed by atoms with Crippen LogP contribution in [0.25, 0.3) is 0 Å². The molecule has 0 aromatic heterocycles. The number of esters is 1. The maximum absolute atomic E-state index is 11.6. The van der Waals surface area contributed by atoms with Crippen molar-refractivity contribution in [3.63, 3.8) is 0 Å². The highest BCUT2D eigenvalue weighted by Crippen LogP contribution is 2.39. The average molecular weight is 338 g/mol. The Labute approximate surface area is 142 Å². The molecule has 1 heterocycles. The molecule has 1 unspecified atom stereocenters. The summed E-state index contributed by atoms with van der Waals surface area (Å²) in [5, 5.41) is 3.92. The first-order valence-electron chi connectivity index (χ1n) is 8.44. The van der Waals surface area contributed by atoms with Crippen molar-refractivity contribution in [2.45, 2.75) is 56.6 Å². The highest BCUT2D eigenvalue weighted by molar-refractivity contribution is 6.30. The average Bonchev–Trinajstić information content (AvgIpc) is 3.05. The molecule has 2 fully saturated rings. The molecule has 1 aliphatic heterocycles. The first-order chi connectivity index (χ1) is 11.2. The summed E-state index contributed by atoms with van der Waals surface area (Å²) in [5.41, 5.74) is 1.22. The van der Waals surface area contributed by atoms with Gasteiger partial charge in [0.15, 0.2) is 0 Å². The van der Waals surface area contributed by atoms with E-state index >= 15 is 0 Å². The second-order valence-electron chi connectivity index (χ2n) is 6.48. The van der Waals surface area contributed by atoms with Crippen molar-refractivity contribution >= 4 is 17.6 Å². The highest BCUT2D eigenvalue weighted by atomic mass is 35.5. The van der Waals surface area contributed by atoms with E-state index < -0.39 is 0 Å². The maximum atomic E-state index is 11.6. The van der Waals surface area contributed by atoms with Crippen LogP contribution in [0.4, 0.5) is 0 Å². The fourth-order valence-corrected chi connectivity index (χ4v) is 3.83. The maximum Gasteiger partial charge on any atom is 0.323 e. The monoisotopic (exact) mass is 337 g/mol. The number of carbonyl (C=O) groups is 1. The van der Waals surface area contributed by atoms with E-state index in [1.54, 1.807) is 0 Å². The van der Waals surface area contributed by atoms with Gasteiger partial charge in [0.1, 0.15) is 17.9 Å². The Bertz CT molecular complexity index is 557. The van der Waals surface area contributed by atoms with E-state index in [2.05, 4.69) is 5.32 Å². The predicted octanol–water partition coefficient (Wildman–Crippen LogP) is 3.67. The van der Waals surface area contributed by atoms with Gasteiger partial charge in [-0.15, -0.1) is 0 Å². The molecule has 0 bridgehead atoms. The summed E-state index contributed by atoms with van der Waals surface area (Å²) >= 11 is 6.21. The van der Waals surface area contributed by atoms with E-state index in [1.807, 2.05) is 18.2 Å². The minimum absolute atomic E-state index is 0.0115. The Morgan fingerprint density at radius 2 is 2.04 bits per heavy atom. The smallest absolute Gasteiger partial charge is 0.323 e. The van der Waals surface area contributed by atoms with Crippen LogP contribution in [0.1, 0.15) is 50.0 Å². The summed E-state index contributed by atoms with van der Waals surface area (Å²) in [5.74, 6) is 1.22. The quantitative estimate of drug-likeness (QED) is 0.852. The topological polar surface area (TPSA) is 47.6 Å². The van der Waals surface area contributed by atoms with E-state index in [1.165, 1.54) is 44.8 Å². The molecule has 1 N–H and O–H groups in total. The first kappa shape index (κ1) is 16.6. The Morgan fingerprint density at radius 3 is 2.78 bits per heavy atom. The molecule has 3 rings (SSSR count). The molecule has 2 atom stereocenters. The number of hydrogen-bond acceptors (Lipinski definition) is 4. The lowest BCUT2D eigenvalue weighted by Crippen LogP contribution is -2.31. The van der Waals surface area contributed by atoms with Crippen molar-refractivity contribution in [1.82, 2.24) is 5.32 Å². The third kappa shape index (κ3) is 3.99. The summed E-state index contributed by atoms with van der Waals surface area (Å²) in [6.07, 6.45) is 6.88.